The molecule has 80 valence electrons. The maximum absolute atomic E-state index is 9.89. The van der Waals surface area contributed by atoms with Gasteiger partial charge in [-0.25, -0.2) is 0 Å². The molecule has 1 N–H and O–H groups in total. The van der Waals surface area contributed by atoms with E-state index >= 15 is 0 Å². The first kappa shape index (κ1) is 11.6. The first-order chi connectivity index (χ1) is 6.52. The fraction of sp³-hybridized carbons (Fsp3) is 0.846. The van der Waals surface area contributed by atoms with Gasteiger partial charge in [0.1, 0.15) is 5.60 Å². The largest absolute Gasteiger partial charge is 0.377 e. The van der Waals surface area contributed by atoms with E-state index in [9.17, 15) is 5.11 Å². The van der Waals surface area contributed by atoms with Gasteiger partial charge in [0, 0.05) is 11.8 Å². The van der Waals surface area contributed by atoms with Gasteiger partial charge in [-0.3, -0.25) is 0 Å². The van der Waals surface area contributed by atoms with Gasteiger partial charge in [0.05, 0.1) is 0 Å². The summed E-state index contributed by atoms with van der Waals surface area (Å²) in [6, 6.07) is 0. The Morgan fingerprint density at radius 3 is 2.36 bits per heavy atom. The molecule has 1 heteroatoms. The summed E-state index contributed by atoms with van der Waals surface area (Å²) in [5.74, 6) is 6.11. The Bertz CT molecular complexity index is 244. The zero-order chi connectivity index (χ0) is 10.7. The summed E-state index contributed by atoms with van der Waals surface area (Å²) in [6.45, 7) is 6.35. The minimum atomic E-state index is -0.669. The van der Waals surface area contributed by atoms with Crippen molar-refractivity contribution in [3.63, 3.8) is 0 Å². The standard InChI is InChI=1S/C13H22O/c1-4-5-6-7-8-9-10-13(14)11-12(13,2)3/h14H,4-8,11H2,1-3H3/t13-/m1/s1. The summed E-state index contributed by atoms with van der Waals surface area (Å²) < 4.78 is 0. The lowest BCUT2D eigenvalue weighted by Crippen LogP contribution is -2.11. The molecule has 0 spiro atoms. The van der Waals surface area contributed by atoms with Crippen molar-refractivity contribution in [2.75, 3.05) is 0 Å². The highest BCUT2D eigenvalue weighted by molar-refractivity contribution is 5.29. The van der Waals surface area contributed by atoms with Gasteiger partial charge in [-0.05, 0) is 12.8 Å². The third-order valence-corrected chi connectivity index (χ3v) is 3.14. The van der Waals surface area contributed by atoms with Crippen molar-refractivity contribution in [3.8, 4) is 11.8 Å². The molecular weight excluding hydrogens is 172 g/mol. The second kappa shape index (κ2) is 4.36. The molecule has 1 atom stereocenters. The predicted molar refractivity (Wildman–Crippen MR) is 59.9 cm³/mol. The van der Waals surface area contributed by atoms with E-state index in [-0.39, 0.29) is 5.41 Å². The fourth-order valence-corrected chi connectivity index (χ4v) is 1.66. The van der Waals surface area contributed by atoms with E-state index in [1.165, 1.54) is 25.7 Å². The smallest absolute Gasteiger partial charge is 0.131 e. The van der Waals surface area contributed by atoms with E-state index < -0.39 is 5.60 Å². The molecule has 0 amide bonds. The van der Waals surface area contributed by atoms with Crippen LogP contribution in [-0.4, -0.2) is 10.7 Å². The number of hydrogen-bond acceptors (Lipinski definition) is 1. The molecule has 0 aromatic heterocycles. The lowest BCUT2D eigenvalue weighted by atomic mass is 10.1. The van der Waals surface area contributed by atoms with Crippen LogP contribution < -0.4 is 0 Å². The Morgan fingerprint density at radius 1 is 1.21 bits per heavy atom. The van der Waals surface area contributed by atoms with Crippen LogP contribution >= 0.6 is 0 Å². The van der Waals surface area contributed by atoms with Gasteiger partial charge in [0.2, 0.25) is 0 Å². The quantitative estimate of drug-likeness (QED) is 0.538. The molecule has 0 radical (unpaired) electrons. The monoisotopic (exact) mass is 194 g/mol. The van der Waals surface area contributed by atoms with Crippen molar-refractivity contribution in [2.45, 2.75) is 64.9 Å². The third kappa shape index (κ3) is 2.75. The van der Waals surface area contributed by atoms with Crippen molar-refractivity contribution in [3.05, 3.63) is 0 Å². The average molecular weight is 194 g/mol. The van der Waals surface area contributed by atoms with E-state index in [2.05, 4.69) is 32.6 Å². The highest BCUT2D eigenvalue weighted by Gasteiger charge is 2.59. The lowest BCUT2D eigenvalue weighted by molar-refractivity contribution is 0.169. The molecule has 0 heterocycles. The molecule has 1 aliphatic carbocycles. The summed E-state index contributed by atoms with van der Waals surface area (Å²) in [5, 5.41) is 9.89. The van der Waals surface area contributed by atoms with Crippen molar-refractivity contribution in [1.29, 1.82) is 0 Å². The normalized spacial score (nSPS) is 28.0. The van der Waals surface area contributed by atoms with Gasteiger partial charge < -0.3 is 5.11 Å². The van der Waals surface area contributed by atoms with Gasteiger partial charge in [0.15, 0.2) is 0 Å². The molecule has 1 saturated carbocycles. The summed E-state index contributed by atoms with van der Waals surface area (Å²) in [6.07, 6.45) is 6.80. The Labute approximate surface area is 87.9 Å². The third-order valence-electron chi connectivity index (χ3n) is 3.14. The summed E-state index contributed by atoms with van der Waals surface area (Å²) in [7, 11) is 0. The second-order valence-corrected chi connectivity index (χ2v) is 5.03. The van der Waals surface area contributed by atoms with Crippen LogP contribution in [0.25, 0.3) is 0 Å². The van der Waals surface area contributed by atoms with Gasteiger partial charge in [0.25, 0.3) is 0 Å². The first-order valence-corrected chi connectivity index (χ1v) is 5.74. The summed E-state index contributed by atoms with van der Waals surface area (Å²) >= 11 is 0. The van der Waals surface area contributed by atoms with Crippen LogP contribution in [0.15, 0.2) is 0 Å². The second-order valence-electron chi connectivity index (χ2n) is 5.03. The topological polar surface area (TPSA) is 20.2 Å². The van der Waals surface area contributed by atoms with E-state index in [0.717, 1.165) is 12.8 Å². The molecule has 1 rings (SSSR count). The Balaban J connectivity index is 2.16. The Hall–Kier alpha value is -0.480. The molecule has 14 heavy (non-hydrogen) atoms. The van der Waals surface area contributed by atoms with Crippen LogP contribution in [0.2, 0.25) is 0 Å². The molecular formula is C13H22O. The highest BCUT2D eigenvalue weighted by atomic mass is 16.3. The molecule has 0 unspecified atom stereocenters. The van der Waals surface area contributed by atoms with Crippen molar-refractivity contribution in [2.24, 2.45) is 5.41 Å². The van der Waals surface area contributed by atoms with Crippen LogP contribution in [0, 0.1) is 17.3 Å². The van der Waals surface area contributed by atoms with Crippen molar-refractivity contribution >= 4 is 0 Å². The molecule has 0 aromatic carbocycles. The molecule has 1 aliphatic rings. The van der Waals surface area contributed by atoms with E-state index in [4.69, 9.17) is 0 Å². The SMILES string of the molecule is CCCCCCC#C[C@@]1(O)CC1(C)C. The number of hydrogen-bond donors (Lipinski definition) is 1. The minimum Gasteiger partial charge on any atom is -0.377 e. The predicted octanol–water partition coefficient (Wildman–Crippen LogP) is 3.12. The molecule has 1 nitrogen and oxygen atoms in total. The van der Waals surface area contributed by atoms with Gasteiger partial charge in [-0.15, -0.1) is 5.92 Å². The van der Waals surface area contributed by atoms with Crippen LogP contribution in [0.4, 0.5) is 0 Å². The van der Waals surface area contributed by atoms with E-state index in [0.29, 0.717) is 0 Å². The summed E-state index contributed by atoms with van der Waals surface area (Å²) in [5.41, 5.74) is -0.638. The lowest BCUT2D eigenvalue weighted by Gasteiger charge is -2.04. The zero-order valence-corrected chi connectivity index (χ0v) is 9.69. The number of aliphatic hydroxyl groups is 1. The van der Waals surface area contributed by atoms with Crippen molar-refractivity contribution in [1.82, 2.24) is 0 Å². The first-order valence-electron chi connectivity index (χ1n) is 5.74. The Morgan fingerprint density at radius 2 is 1.86 bits per heavy atom. The highest BCUT2D eigenvalue weighted by Crippen LogP contribution is 2.54. The van der Waals surface area contributed by atoms with Crippen molar-refractivity contribution < 1.29 is 5.11 Å². The molecule has 0 aromatic rings. The zero-order valence-electron chi connectivity index (χ0n) is 9.69. The van der Waals surface area contributed by atoms with Gasteiger partial charge in [-0.1, -0.05) is 46.0 Å². The van der Waals surface area contributed by atoms with Crippen LogP contribution in [0.3, 0.4) is 0 Å². The molecule has 0 bridgehead atoms. The van der Waals surface area contributed by atoms with Crippen LogP contribution in [0.5, 0.6) is 0 Å². The maximum atomic E-state index is 9.89. The number of rotatable bonds is 4. The molecule has 0 saturated heterocycles. The van der Waals surface area contributed by atoms with E-state index in [1.54, 1.807) is 0 Å². The van der Waals surface area contributed by atoms with Crippen LogP contribution in [0.1, 0.15) is 59.3 Å². The van der Waals surface area contributed by atoms with Crippen LogP contribution in [-0.2, 0) is 0 Å². The minimum absolute atomic E-state index is 0.0312. The van der Waals surface area contributed by atoms with Gasteiger partial charge >= 0.3 is 0 Å². The Kier molecular flexibility index (Phi) is 3.61. The average Bonchev–Trinajstić information content (AvgIpc) is 2.59. The molecule has 1 fully saturated rings. The fourth-order valence-electron chi connectivity index (χ4n) is 1.66. The number of unbranched alkanes of at least 4 members (excludes halogenated alkanes) is 4. The maximum Gasteiger partial charge on any atom is 0.131 e. The van der Waals surface area contributed by atoms with Gasteiger partial charge in [-0.2, -0.15) is 0 Å². The van der Waals surface area contributed by atoms with E-state index in [1.807, 2.05) is 0 Å². The summed E-state index contributed by atoms with van der Waals surface area (Å²) in [4.78, 5) is 0. The molecule has 0 aliphatic heterocycles.